The van der Waals surface area contributed by atoms with Gasteiger partial charge in [-0.3, -0.25) is 4.79 Å². The number of carbonyl (C=O) groups is 3. The minimum Gasteiger partial charge on any atom is -0.480 e. The first-order valence-corrected chi connectivity index (χ1v) is 11.5. The van der Waals surface area contributed by atoms with E-state index in [-0.39, 0.29) is 18.4 Å². The fourth-order valence-corrected chi connectivity index (χ4v) is 4.30. The van der Waals surface area contributed by atoms with Crippen LogP contribution in [0.3, 0.4) is 0 Å². The van der Waals surface area contributed by atoms with Gasteiger partial charge in [-0.2, -0.15) is 0 Å². The summed E-state index contributed by atoms with van der Waals surface area (Å²) in [6.07, 6.45) is 0.612. The second kappa shape index (κ2) is 11.0. The van der Waals surface area contributed by atoms with E-state index in [4.69, 9.17) is 4.74 Å². The first-order valence-electron chi connectivity index (χ1n) is 11.5. The van der Waals surface area contributed by atoms with Crippen LogP contribution in [0.1, 0.15) is 57.1 Å². The number of carbonyl (C=O) groups excluding carboxylic acids is 2. The zero-order chi connectivity index (χ0) is 24.0. The summed E-state index contributed by atoms with van der Waals surface area (Å²) in [4.78, 5) is 36.8. The molecule has 3 N–H and O–H groups in total. The number of hydrogen-bond acceptors (Lipinski definition) is 4. The van der Waals surface area contributed by atoms with Crippen molar-refractivity contribution in [2.75, 3.05) is 6.61 Å². The molecule has 0 heterocycles. The summed E-state index contributed by atoms with van der Waals surface area (Å²) in [5.74, 6) is -1.57. The van der Waals surface area contributed by atoms with Gasteiger partial charge >= 0.3 is 12.1 Å². The minimum absolute atomic E-state index is 0.0820. The number of hydrogen-bond donors (Lipinski definition) is 3. The van der Waals surface area contributed by atoms with E-state index >= 15 is 0 Å². The van der Waals surface area contributed by atoms with E-state index in [2.05, 4.69) is 22.8 Å². The Morgan fingerprint density at radius 1 is 0.939 bits per heavy atom. The van der Waals surface area contributed by atoms with Gasteiger partial charge in [-0.05, 0) is 41.0 Å². The first kappa shape index (κ1) is 24.3. The fourth-order valence-electron chi connectivity index (χ4n) is 4.30. The third-order valence-corrected chi connectivity index (χ3v) is 5.85. The van der Waals surface area contributed by atoms with Gasteiger partial charge in [0.15, 0.2) is 0 Å². The molecule has 1 aliphatic rings. The van der Waals surface area contributed by atoms with Crippen LogP contribution in [0.2, 0.25) is 0 Å². The molecule has 0 radical (unpaired) electrons. The molecular formula is C26H32N2O5. The molecule has 0 bridgehead atoms. The summed E-state index contributed by atoms with van der Waals surface area (Å²) >= 11 is 0. The molecule has 2 aromatic rings. The lowest BCUT2D eigenvalue weighted by Crippen LogP contribution is -2.52. The average molecular weight is 453 g/mol. The number of amides is 2. The number of alkyl carbamates (subject to hydrolysis) is 1. The minimum atomic E-state index is -1.09. The molecule has 0 spiro atoms. The Bertz CT molecular complexity index is 958. The molecule has 0 aliphatic heterocycles. The molecule has 3 rings (SSSR count). The van der Waals surface area contributed by atoms with Gasteiger partial charge in [0.05, 0.1) is 0 Å². The monoisotopic (exact) mass is 452 g/mol. The summed E-state index contributed by atoms with van der Waals surface area (Å²) in [5.41, 5.74) is 4.48. The molecular weight excluding hydrogens is 420 g/mol. The molecule has 2 atom stereocenters. The van der Waals surface area contributed by atoms with E-state index in [9.17, 15) is 19.5 Å². The van der Waals surface area contributed by atoms with Crippen LogP contribution in [0, 0.1) is 5.92 Å². The van der Waals surface area contributed by atoms with E-state index in [0.29, 0.717) is 19.3 Å². The van der Waals surface area contributed by atoms with Crippen molar-refractivity contribution in [3.63, 3.8) is 0 Å². The molecule has 1 unspecified atom stereocenters. The van der Waals surface area contributed by atoms with Crippen molar-refractivity contribution in [3.8, 4) is 11.1 Å². The van der Waals surface area contributed by atoms with Crippen molar-refractivity contribution in [2.24, 2.45) is 5.92 Å². The molecule has 0 fully saturated rings. The predicted molar refractivity (Wildman–Crippen MR) is 126 cm³/mol. The highest BCUT2D eigenvalue weighted by Gasteiger charge is 2.30. The van der Waals surface area contributed by atoms with Gasteiger partial charge in [0.2, 0.25) is 5.91 Å². The van der Waals surface area contributed by atoms with Crippen molar-refractivity contribution in [2.45, 2.75) is 58.0 Å². The molecule has 0 saturated carbocycles. The van der Waals surface area contributed by atoms with Crippen molar-refractivity contribution in [3.05, 3.63) is 59.7 Å². The Hall–Kier alpha value is -3.35. The summed E-state index contributed by atoms with van der Waals surface area (Å²) in [7, 11) is 0. The largest absolute Gasteiger partial charge is 0.480 e. The second-order valence-electron chi connectivity index (χ2n) is 8.84. The van der Waals surface area contributed by atoms with Gasteiger partial charge in [0.1, 0.15) is 18.7 Å². The summed E-state index contributed by atoms with van der Waals surface area (Å²) < 4.78 is 5.56. The number of nitrogens with one attached hydrogen (secondary N) is 2. The van der Waals surface area contributed by atoms with E-state index in [1.165, 1.54) is 0 Å². The highest BCUT2D eigenvalue weighted by Crippen LogP contribution is 2.44. The molecule has 33 heavy (non-hydrogen) atoms. The van der Waals surface area contributed by atoms with Gasteiger partial charge in [0.25, 0.3) is 0 Å². The van der Waals surface area contributed by atoms with Crippen LogP contribution >= 0.6 is 0 Å². The molecule has 2 amide bonds. The highest BCUT2D eigenvalue weighted by atomic mass is 16.5. The number of ether oxygens (including phenoxy) is 1. The molecule has 7 heteroatoms. The quantitative estimate of drug-likeness (QED) is 0.498. The maximum Gasteiger partial charge on any atom is 0.407 e. The maximum atomic E-state index is 12.7. The van der Waals surface area contributed by atoms with Crippen LogP contribution < -0.4 is 10.6 Å². The van der Waals surface area contributed by atoms with Gasteiger partial charge < -0.3 is 20.5 Å². The number of aliphatic carboxylic acids is 1. The number of benzene rings is 2. The summed E-state index contributed by atoms with van der Waals surface area (Å²) in [5, 5.41) is 14.5. The van der Waals surface area contributed by atoms with Gasteiger partial charge in [0, 0.05) is 5.92 Å². The topological polar surface area (TPSA) is 105 Å². The number of carboxylic acids is 1. The zero-order valence-corrected chi connectivity index (χ0v) is 19.3. The van der Waals surface area contributed by atoms with E-state index in [1.807, 2.05) is 57.2 Å². The molecule has 7 nitrogen and oxygen atoms in total. The number of rotatable bonds is 10. The average Bonchev–Trinajstić information content (AvgIpc) is 3.10. The Balaban J connectivity index is 1.66. The van der Waals surface area contributed by atoms with E-state index < -0.39 is 30.1 Å². The molecule has 2 aromatic carbocycles. The third-order valence-electron chi connectivity index (χ3n) is 5.85. The first-order chi connectivity index (χ1) is 15.8. The van der Waals surface area contributed by atoms with Crippen LogP contribution in [0.15, 0.2) is 48.5 Å². The Labute approximate surface area is 194 Å². The van der Waals surface area contributed by atoms with Crippen molar-refractivity contribution < 1.29 is 24.2 Å². The number of carboxylic acid groups (broad SMARTS) is 1. The van der Waals surface area contributed by atoms with Crippen LogP contribution in [0.25, 0.3) is 11.1 Å². The maximum absolute atomic E-state index is 12.7. The molecule has 0 aromatic heterocycles. The standard InChI is InChI=1S/C26H32N2O5/c1-4-9-22(25(30)31)27-24(29)23(14-16(2)3)28-26(32)33-15-21-19-12-7-5-10-17(19)18-11-6-8-13-20(18)21/h5-8,10-13,16,21-23H,4,9,14-15H2,1-3H3,(H,27,29)(H,28,32)(H,30,31)/t22?,23-/m0/s1. The van der Waals surface area contributed by atoms with Crippen molar-refractivity contribution in [1.82, 2.24) is 10.6 Å². The zero-order valence-electron chi connectivity index (χ0n) is 19.3. The lowest BCUT2D eigenvalue weighted by molar-refractivity contribution is -0.142. The normalized spacial score (nSPS) is 14.2. The number of fused-ring (bicyclic) bond motifs is 3. The summed E-state index contributed by atoms with van der Waals surface area (Å²) in [6, 6.07) is 14.3. The van der Waals surface area contributed by atoms with Crippen molar-refractivity contribution >= 4 is 18.0 Å². The van der Waals surface area contributed by atoms with Crippen LogP contribution in [0.4, 0.5) is 4.79 Å². The van der Waals surface area contributed by atoms with Crippen molar-refractivity contribution in [1.29, 1.82) is 0 Å². The SMILES string of the molecule is CCCC(NC(=O)[C@H](CC(C)C)NC(=O)OCC1c2ccccc2-c2ccccc21)C(=O)O. The lowest BCUT2D eigenvalue weighted by Gasteiger charge is -2.23. The second-order valence-corrected chi connectivity index (χ2v) is 8.84. The summed E-state index contributed by atoms with van der Waals surface area (Å²) in [6.45, 7) is 5.85. The lowest BCUT2D eigenvalue weighted by atomic mass is 9.98. The van der Waals surface area contributed by atoms with Gasteiger partial charge in [-0.1, -0.05) is 75.7 Å². The smallest absolute Gasteiger partial charge is 0.407 e. The van der Waals surface area contributed by atoms with E-state index in [1.54, 1.807) is 0 Å². The van der Waals surface area contributed by atoms with Gasteiger partial charge in [-0.25, -0.2) is 9.59 Å². The highest BCUT2D eigenvalue weighted by molar-refractivity contribution is 5.89. The predicted octanol–water partition coefficient (Wildman–Crippen LogP) is 4.31. The molecule has 176 valence electrons. The third kappa shape index (κ3) is 5.92. The Morgan fingerprint density at radius 3 is 2.03 bits per heavy atom. The Morgan fingerprint density at radius 2 is 1.52 bits per heavy atom. The van der Waals surface area contributed by atoms with E-state index in [0.717, 1.165) is 22.3 Å². The van der Waals surface area contributed by atoms with Crippen LogP contribution in [0.5, 0.6) is 0 Å². The fraction of sp³-hybridized carbons (Fsp3) is 0.423. The Kier molecular flexibility index (Phi) is 8.09. The molecule has 0 saturated heterocycles. The molecule has 1 aliphatic carbocycles. The van der Waals surface area contributed by atoms with Gasteiger partial charge in [-0.15, -0.1) is 0 Å². The van der Waals surface area contributed by atoms with Crippen LogP contribution in [-0.2, 0) is 14.3 Å². The van der Waals surface area contributed by atoms with Crippen LogP contribution in [-0.4, -0.2) is 41.8 Å².